The van der Waals surface area contributed by atoms with E-state index in [1.54, 1.807) is 0 Å². The molecule has 3 nitrogen and oxygen atoms in total. The summed E-state index contributed by atoms with van der Waals surface area (Å²) in [5.41, 5.74) is 2.75. The molecule has 18 heavy (non-hydrogen) atoms. The van der Waals surface area contributed by atoms with Gasteiger partial charge in [0.15, 0.2) is 0 Å². The molecule has 4 heteroatoms. The molecular formula is C14H22BrN3. The van der Waals surface area contributed by atoms with E-state index in [1.165, 1.54) is 15.6 Å². The molecule has 1 saturated heterocycles. The fraction of sp³-hybridized carbons (Fsp3) is 0.571. The van der Waals surface area contributed by atoms with Crippen molar-refractivity contribution < 1.29 is 0 Å². The van der Waals surface area contributed by atoms with Crippen molar-refractivity contribution >= 4 is 15.9 Å². The Kier molecular flexibility index (Phi) is 5.18. The fourth-order valence-electron chi connectivity index (χ4n) is 2.29. The Labute approximate surface area is 118 Å². The maximum absolute atomic E-state index is 3.68. The number of nitrogens with one attached hydrogen (secondary N) is 1. The van der Waals surface area contributed by atoms with Crippen LogP contribution in [0.4, 0.5) is 0 Å². The average Bonchev–Trinajstić information content (AvgIpc) is 2.33. The number of nitrogens with zero attached hydrogens (tertiary/aromatic N) is 2. The fourth-order valence-corrected chi connectivity index (χ4v) is 2.84. The van der Waals surface area contributed by atoms with Gasteiger partial charge in [-0.05, 0) is 31.3 Å². The molecule has 0 unspecified atom stereocenters. The first kappa shape index (κ1) is 14.0. The van der Waals surface area contributed by atoms with Crippen molar-refractivity contribution in [2.24, 2.45) is 0 Å². The van der Waals surface area contributed by atoms with E-state index in [-0.39, 0.29) is 0 Å². The van der Waals surface area contributed by atoms with Gasteiger partial charge in [-0.1, -0.05) is 28.1 Å². The Hall–Kier alpha value is -0.420. The first-order valence-corrected chi connectivity index (χ1v) is 7.29. The van der Waals surface area contributed by atoms with E-state index in [1.807, 2.05) is 0 Å². The minimum Gasteiger partial charge on any atom is -0.314 e. The van der Waals surface area contributed by atoms with Crippen molar-refractivity contribution in [2.45, 2.75) is 13.1 Å². The molecule has 0 aliphatic carbocycles. The SMILES string of the molecule is CN(C)Cc1ccc(CN2CCNCC2)cc1Br. The monoisotopic (exact) mass is 311 g/mol. The normalized spacial score (nSPS) is 17.3. The number of hydrogen-bond donors (Lipinski definition) is 1. The van der Waals surface area contributed by atoms with E-state index in [0.29, 0.717) is 0 Å². The van der Waals surface area contributed by atoms with Crippen LogP contribution in [0.3, 0.4) is 0 Å². The van der Waals surface area contributed by atoms with Crippen LogP contribution in [0.5, 0.6) is 0 Å². The van der Waals surface area contributed by atoms with Gasteiger partial charge in [-0.2, -0.15) is 0 Å². The molecule has 100 valence electrons. The molecule has 1 aliphatic heterocycles. The van der Waals surface area contributed by atoms with Crippen molar-refractivity contribution in [3.05, 3.63) is 33.8 Å². The summed E-state index contributed by atoms with van der Waals surface area (Å²) in [4.78, 5) is 4.69. The summed E-state index contributed by atoms with van der Waals surface area (Å²) in [6, 6.07) is 6.76. The number of halogens is 1. The van der Waals surface area contributed by atoms with Gasteiger partial charge in [0.25, 0.3) is 0 Å². The van der Waals surface area contributed by atoms with E-state index in [0.717, 1.165) is 39.3 Å². The number of benzene rings is 1. The lowest BCUT2D eigenvalue weighted by Crippen LogP contribution is -2.42. The van der Waals surface area contributed by atoms with Gasteiger partial charge in [0, 0.05) is 43.7 Å². The number of piperazine rings is 1. The van der Waals surface area contributed by atoms with Crippen LogP contribution < -0.4 is 5.32 Å². The third-order valence-corrected chi connectivity index (χ3v) is 3.96. The van der Waals surface area contributed by atoms with E-state index in [2.05, 4.69) is 63.3 Å². The standard InChI is InChI=1S/C14H22BrN3/c1-17(2)11-13-4-3-12(9-14(13)15)10-18-7-5-16-6-8-18/h3-4,9,16H,5-8,10-11H2,1-2H3. The van der Waals surface area contributed by atoms with E-state index < -0.39 is 0 Å². The Morgan fingerprint density at radius 3 is 2.61 bits per heavy atom. The van der Waals surface area contributed by atoms with Crippen LogP contribution in [0.1, 0.15) is 11.1 Å². The quantitative estimate of drug-likeness (QED) is 0.916. The minimum atomic E-state index is 0.981. The summed E-state index contributed by atoms with van der Waals surface area (Å²) in [7, 11) is 4.20. The third-order valence-electron chi connectivity index (χ3n) is 3.22. The molecule has 0 saturated carbocycles. The van der Waals surface area contributed by atoms with Gasteiger partial charge in [-0.3, -0.25) is 4.90 Å². The van der Waals surface area contributed by atoms with Gasteiger partial charge in [0.1, 0.15) is 0 Å². The summed E-state index contributed by atoms with van der Waals surface area (Å²) in [6.07, 6.45) is 0. The highest BCUT2D eigenvalue weighted by molar-refractivity contribution is 9.10. The predicted octanol–water partition coefficient (Wildman–Crippen LogP) is 1.92. The zero-order valence-electron chi connectivity index (χ0n) is 11.2. The Morgan fingerprint density at radius 1 is 1.28 bits per heavy atom. The molecule has 1 fully saturated rings. The second-order valence-electron chi connectivity index (χ2n) is 5.19. The summed E-state index contributed by atoms with van der Waals surface area (Å²) >= 11 is 3.68. The topological polar surface area (TPSA) is 18.5 Å². The van der Waals surface area contributed by atoms with Crippen molar-refractivity contribution in [1.29, 1.82) is 0 Å². The maximum atomic E-state index is 3.68. The van der Waals surface area contributed by atoms with E-state index in [4.69, 9.17) is 0 Å². The van der Waals surface area contributed by atoms with Gasteiger partial charge in [-0.25, -0.2) is 0 Å². The summed E-state index contributed by atoms with van der Waals surface area (Å²) in [5, 5.41) is 3.39. The zero-order chi connectivity index (χ0) is 13.0. The van der Waals surface area contributed by atoms with Crippen LogP contribution in [0.15, 0.2) is 22.7 Å². The lowest BCUT2D eigenvalue weighted by atomic mass is 10.1. The maximum Gasteiger partial charge on any atom is 0.0238 e. The molecule has 2 rings (SSSR count). The van der Waals surface area contributed by atoms with Crippen molar-refractivity contribution in [1.82, 2.24) is 15.1 Å². The molecule has 1 heterocycles. The van der Waals surface area contributed by atoms with Crippen LogP contribution in [0.25, 0.3) is 0 Å². The Morgan fingerprint density at radius 2 is 2.00 bits per heavy atom. The zero-order valence-corrected chi connectivity index (χ0v) is 12.8. The number of rotatable bonds is 4. The summed E-state index contributed by atoms with van der Waals surface area (Å²) in [6.45, 7) is 6.56. The molecule has 1 aliphatic rings. The van der Waals surface area contributed by atoms with Gasteiger partial charge in [-0.15, -0.1) is 0 Å². The largest absolute Gasteiger partial charge is 0.314 e. The smallest absolute Gasteiger partial charge is 0.0238 e. The molecule has 0 spiro atoms. The van der Waals surface area contributed by atoms with Gasteiger partial charge < -0.3 is 10.2 Å². The second-order valence-corrected chi connectivity index (χ2v) is 6.04. The van der Waals surface area contributed by atoms with Crippen LogP contribution in [0.2, 0.25) is 0 Å². The lowest BCUT2D eigenvalue weighted by molar-refractivity contribution is 0.233. The molecular weight excluding hydrogens is 290 g/mol. The molecule has 0 radical (unpaired) electrons. The van der Waals surface area contributed by atoms with Crippen molar-refractivity contribution in [3.63, 3.8) is 0 Å². The molecule has 0 amide bonds. The molecule has 1 aromatic carbocycles. The van der Waals surface area contributed by atoms with Gasteiger partial charge >= 0.3 is 0 Å². The van der Waals surface area contributed by atoms with E-state index in [9.17, 15) is 0 Å². The highest BCUT2D eigenvalue weighted by Crippen LogP contribution is 2.20. The van der Waals surface area contributed by atoms with Crippen LogP contribution in [0, 0.1) is 0 Å². The van der Waals surface area contributed by atoms with Crippen LogP contribution >= 0.6 is 15.9 Å². The summed E-state index contributed by atoms with van der Waals surface area (Å²) in [5.74, 6) is 0. The van der Waals surface area contributed by atoms with Gasteiger partial charge in [0.05, 0.1) is 0 Å². The third kappa shape index (κ3) is 4.05. The molecule has 1 N–H and O–H groups in total. The van der Waals surface area contributed by atoms with E-state index >= 15 is 0 Å². The Bertz CT molecular complexity index is 387. The first-order chi connectivity index (χ1) is 8.65. The van der Waals surface area contributed by atoms with Gasteiger partial charge in [0.2, 0.25) is 0 Å². The minimum absolute atomic E-state index is 0.981. The van der Waals surface area contributed by atoms with Crippen molar-refractivity contribution in [3.8, 4) is 0 Å². The highest BCUT2D eigenvalue weighted by atomic mass is 79.9. The second kappa shape index (κ2) is 6.66. The van der Waals surface area contributed by atoms with Crippen LogP contribution in [-0.2, 0) is 13.1 Å². The molecule has 0 aromatic heterocycles. The molecule has 1 aromatic rings. The molecule has 0 bridgehead atoms. The lowest BCUT2D eigenvalue weighted by Gasteiger charge is -2.27. The summed E-state index contributed by atoms with van der Waals surface area (Å²) < 4.78 is 1.23. The average molecular weight is 312 g/mol. The highest BCUT2D eigenvalue weighted by Gasteiger charge is 2.10. The molecule has 0 atom stereocenters. The predicted molar refractivity (Wildman–Crippen MR) is 79.7 cm³/mol. The van der Waals surface area contributed by atoms with Crippen molar-refractivity contribution in [2.75, 3.05) is 40.3 Å². The van der Waals surface area contributed by atoms with Crippen LogP contribution in [-0.4, -0.2) is 50.1 Å². The Balaban J connectivity index is 1.99. The first-order valence-electron chi connectivity index (χ1n) is 6.50. The number of hydrogen-bond acceptors (Lipinski definition) is 3.